The lowest BCUT2D eigenvalue weighted by atomic mass is 9.81. The van der Waals surface area contributed by atoms with Crippen molar-refractivity contribution < 1.29 is 9.50 Å². The molecule has 2 rings (SSSR count). The Morgan fingerprint density at radius 1 is 1.38 bits per heavy atom. The van der Waals surface area contributed by atoms with Gasteiger partial charge in [-0.15, -0.1) is 0 Å². The molecular formula is C12H17FN2O. The van der Waals surface area contributed by atoms with Gasteiger partial charge in [0.15, 0.2) is 0 Å². The third-order valence-corrected chi connectivity index (χ3v) is 3.30. The quantitative estimate of drug-likeness (QED) is 0.739. The molecule has 1 fully saturated rings. The molecule has 88 valence electrons. The van der Waals surface area contributed by atoms with Crippen LogP contribution in [-0.4, -0.2) is 29.8 Å². The van der Waals surface area contributed by atoms with Crippen LogP contribution in [0, 0.1) is 11.7 Å². The summed E-state index contributed by atoms with van der Waals surface area (Å²) < 4.78 is 12.8. The van der Waals surface area contributed by atoms with Crippen LogP contribution >= 0.6 is 0 Å². The van der Waals surface area contributed by atoms with E-state index in [-0.39, 0.29) is 24.3 Å². The average Bonchev–Trinajstić information content (AvgIpc) is 2.30. The number of nitrogens with two attached hydrogens (primary N) is 1. The normalized spacial score (nSPS) is 26.9. The third kappa shape index (κ3) is 2.40. The summed E-state index contributed by atoms with van der Waals surface area (Å²) in [7, 11) is 0. The van der Waals surface area contributed by atoms with Crippen molar-refractivity contribution >= 4 is 0 Å². The van der Waals surface area contributed by atoms with Crippen molar-refractivity contribution in [1.29, 1.82) is 0 Å². The summed E-state index contributed by atoms with van der Waals surface area (Å²) in [5.74, 6) is 5.93. The van der Waals surface area contributed by atoms with Gasteiger partial charge in [0, 0.05) is 25.6 Å². The highest BCUT2D eigenvalue weighted by atomic mass is 19.1. The molecule has 1 saturated heterocycles. The zero-order chi connectivity index (χ0) is 11.5. The Kier molecular flexibility index (Phi) is 3.53. The van der Waals surface area contributed by atoms with Gasteiger partial charge < -0.3 is 5.11 Å². The molecule has 0 saturated carbocycles. The van der Waals surface area contributed by atoms with Gasteiger partial charge in [-0.25, -0.2) is 9.40 Å². The van der Waals surface area contributed by atoms with Crippen LogP contribution in [0.2, 0.25) is 0 Å². The van der Waals surface area contributed by atoms with Crippen molar-refractivity contribution in [2.75, 3.05) is 19.7 Å². The van der Waals surface area contributed by atoms with Gasteiger partial charge >= 0.3 is 0 Å². The monoisotopic (exact) mass is 224 g/mol. The van der Waals surface area contributed by atoms with Gasteiger partial charge in [0.05, 0.1) is 0 Å². The highest BCUT2D eigenvalue weighted by Crippen LogP contribution is 2.31. The van der Waals surface area contributed by atoms with Crippen LogP contribution < -0.4 is 5.84 Å². The second kappa shape index (κ2) is 4.91. The summed E-state index contributed by atoms with van der Waals surface area (Å²) in [6, 6.07) is 6.54. The molecule has 3 nitrogen and oxygen atoms in total. The second-order valence-electron chi connectivity index (χ2n) is 4.38. The van der Waals surface area contributed by atoms with Crippen LogP contribution in [0.1, 0.15) is 17.9 Å². The van der Waals surface area contributed by atoms with E-state index < -0.39 is 0 Å². The SMILES string of the molecule is NN1CC[C@@H](c2ccc(F)cc2)[C@H](CO)C1. The fourth-order valence-electron chi connectivity index (χ4n) is 2.39. The molecule has 3 N–H and O–H groups in total. The molecular weight excluding hydrogens is 207 g/mol. The van der Waals surface area contributed by atoms with E-state index in [1.807, 2.05) is 0 Å². The molecule has 0 aromatic heterocycles. The van der Waals surface area contributed by atoms with E-state index in [1.54, 1.807) is 17.1 Å². The number of hydrogen-bond acceptors (Lipinski definition) is 3. The van der Waals surface area contributed by atoms with Crippen LogP contribution in [0.4, 0.5) is 4.39 Å². The maximum atomic E-state index is 12.8. The fraction of sp³-hybridized carbons (Fsp3) is 0.500. The first kappa shape index (κ1) is 11.5. The smallest absolute Gasteiger partial charge is 0.123 e. The first-order chi connectivity index (χ1) is 7.70. The predicted molar refractivity (Wildman–Crippen MR) is 60.1 cm³/mol. The Hall–Kier alpha value is -0.970. The molecule has 1 aromatic carbocycles. The van der Waals surface area contributed by atoms with Gasteiger partial charge in [-0.05, 0) is 30.0 Å². The van der Waals surface area contributed by atoms with Gasteiger partial charge in [0.25, 0.3) is 0 Å². The molecule has 2 atom stereocenters. The molecule has 16 heavy (non-hydrogen) atoms. The number of hydrogen-bond donors (Lipinski definition) is 2. The molecule has 0 radical (unpaired) electrons. The molecule has 4 heteroatoms. The zero-order valence-corrected chi connectivity index (χ0v) is 9.14. The van der Waals surface area contributed by atoms with Gasteiger partial charge in [-0.1, -0.05) is 12.1 Å². The maximum absolute atomic E-state index is 12.8. The zero-order valence-electron chi connectivity index (χ0n) is 9.14. The Balaban J connectivity index is 2.15. The highest BCUT2D eigenvalue weighted by Gasteiger charge is 2.28. The number of aliphatic hydroxyl groups excluding tert-OH is 1. The van der Waals surface area contributed by atoms with Gasteiger partial charge in [-0.3, -0.25) is 5.84 Å². The van der Waals surface area contributed by atoms with Crippen molar-refractivity contribution in [3.05, 3.63) is 35.6 Å². The summed E-state index contributed by atoms with van der Waals surface area (Å²) in [6.07, 6.45) is 0.910. The van der Waals surface area contributed by atoms with E-state index in [9.17, 15) is 9.50 Å². The Bertz CT molecular complexity index is 341. The predicted octanol–water partition coefficient (Wildman–Crippen LogP) is 1.10. The second-order valence-corrected chi connectivity index (χ2v) is 4.38. The van der Waals surface area contributed by atoms with E-state index in [2.05, 4.69) is 0 Å². The number of nitrogens with zero attached hydrogens (tertiary/aromatic N) is 1. The lowest BCUT2D eigenvalue weighted by molar-refractivity contribution is 0.102. The van der Waals surface area contributed by atoms with Crippen LogP contribution in [0.25, 0.3) is 0 Å². The molecule has 1 heterocycles. The standard InChI is InChI=1S/C12H17FN2O/c13-11-3-1-9(2-4-11)12-5-6-15(14)7-10(12)8-16/h1-4,10,12,16H,5-8,14H2/t10-,12-/m0/s1. The molecule has 0 amide bonds. The topological polar surface area (TPSA) is 49.5 Å². The Labute approximate surface area is 94.6 Å². The highest BCUT2D eigenvalue weighted by molar-refractivity contribution is 5.22. The van der Waals surface area contributed by atoms with Gasteiger partial charge in [-0.2, -0.15) is 0 Å². The summed E-state index contributed by atoms with van der Waals surface area (Å²) in [4.78, 5) is 0. The largest absolute Gasteiger partial charge is 0.396 e. The minimum absolute atomic E-state index is 0.121. The van der Waals surface area contributed by atoms with Crippen molar-refractivity contribution in [2.24, 2.45) is 11.8 Å². The minimum Gasteiger partial charge on any atom is -0.396 e. The minimum atomic E-state index is -0.222. The fourth-order valence-corrected chi connectivity index (χ4v) is 2.39. The molecule has 0 aliphatic carbocycles. The number of halogens is 1. The van der Waals surface area contributed by atoms with Crippen LogP contribution in [0.5, 0.6) is 0 Å². The maximum Gasteiger partial charge on any atom is 0.123 e. The van der Waals surface area contributed by atoms with E-state index in [4.69, 9.17) is 5.84 Å². The number of rotatable bonds is 2. The van der Waals surface area contributed by atoms with E-state index in [0.717, 1.165) is 18.5 Å². The third-order valence-electron chi connectivity index (χ3n) is 3.30. The Morgan fingerprint density at radius 3 is 2.69 bits per heavy atom. The number of hydrazine groups is 1. The molecule has 1 aliphatic rings. The number of benzene rings is 1. The van der Waals surface area contributed by atoms with Gasteiger partial charge in [0.1, 0.15) is 5.82 Å². The molecule has 1 aliphatic heterocycles. The summed E-state index contributed by atoms with van der Waals surface area (Å²) in [6.45, 7) is 1.63. The van der Waals surface area contributed by atoms with E-state index in [1.165, 1.54) is 12.1 Å². The number of piperidine rings is 1. The lowest BCUT2D eigenvalue weighted by Crippen LogP contribution is -2.44. The Morgan fingerprint density at radius 2 is 2.06 bits per heavy atom. The molecule has 0 bridgehead atoms. The summed E-state index contributed by atoms with van der Waals surface area (Å²) >= 11 is 0. The number of aliphatic hydroxyl groups is 1. The first-order valence-corrected chi connectivity index (χ1v) is 5.56. The van der Waals surface area contributed by atoms with Crippen LogP contribution in [-0.2, 0) is 0 Å². The van der Waals surface area contributed by atoms with Crippen LogP contribution in [0.3, 0.4) is 0 Å². The van der Waals surface area contributed by atoms with Crippen molar-refractivity contribution in [1.82, 2.24) is 5.01 Å². The summed E-state index contributed by atoms with van der Waals surface area (Å²) in [5, 5.41) is 11.1. The van der Waals surface area contributed by atoms with Crippen molar-refractivity contribution in [3.8, 4) is 0 Å². The molecule has 0 spiro atoms. The summed E-state index contributed by atoms with van der Waals surface area (Å²) in [5.41, 5.74) is 1.09. The lowest BCUT2D eigenvalue weighted by Gasteiger charge is -2.35. The molecule has 0 unspecified atom stereocenters. The van der Waals surface area contributed by atoms with Crippen molar-refractivity contribution in [3.63, 3.8) is 0 Å². The first-order valence-electron chi connectivity index (χ1n) is 5.56. The van der Waals surface area contributed by atoms with E-state index in [0.29, 0.717) is 6.54 Å². The van der Waals surface area contributed by atoms with Crippen LogP contribution in [0.15, 0.2) is 24.3 Å². The molecule has 1 aromatic rings. The van der Waals surface area contributed by atoms with Crippen molar-refractivity contribution in [2.45, 2.75) is 12.3 Å². The average molecular weight is 224 g/mol. The van der Waals surface area contributed by atoms with E-state index >= 15 is 0 Å². The van der Waals surface area contributed by atoms with Gasteiger partial charge in [0.2, 0.25) is 0 Å².